The van der Waals surface area contributed by atoms with Crippen LogP contribution in [-0.4, -0.2) is 25.0 Å². The Kier molecular flexibility index (Phi) is 6.37. The number of aryl methyl sites for hydroxylation is 1. The molecule has 0 aliphatic rings. The first-order valence-electron chi connectivity index (χ1n) is 7.84. The van der Waals surface area contributed by atoms with Gasteiger partial charge in [-0.05, 0) is 29.7 Å². The average molecular weight is 326 g/mol. The van der Waals surface area contributed by atoms with Gasteiger partial charge in [0.1, 0.15) is 11.8 Å². The Labute approximate surface area is 141 Å². The van der Waals surface area contributed by atoms with Gasteiger partial charge in [-0.3, -0.25) is 9.59 Å². The van der Waals surface area contributed by atoms with Crippen LogP contribution in [0.1, 0.15) is 17.5 Å². The van der Waals surface area contributed by atoms with Crippen LogP contribution in [0.3, 0.4) is 0 Å². The van der Waals surface area contributed by atoms with E-state index in [0.717, 1.165) is 11.1 Å². The number of hydrogen-bond acceptors (Lipinski definition) is 3. The zero-order valence-electron chi connectivity index (χ0n) is 13.7. The Morgan fingerprint density at radius 3 is 2.46 bits per heavy atom. The minimum Gasteiger partial charge on any atom is -0.497 e. The first-order valence-corrected chi connectivity index (χ1v) is 7.84. The molecular formula is C19H22N2O3. The van der Waals surface area contributed by atoms with E-state index in [-0.39, 0.29) is 5.91 Å². The second kappa shape index (κ2) is 8.72. The second-order valence-corrected chi connectivity index (χ2v) is 5.56. The summed E-state index contributed by atoms with van der Waals surface area (Å²) < 4.78 is 5.16. The molecule has 0 aromatic heterocycles. The molecule has 0 aliphatic carbocycles. The third-order valence-electron chi connectivity index (χ3n) is 3.74. The van der Waals surface area contributed by atoms with E-state index in [9.17, 15) is 9.59 Å². The van der Waals surface area contributed by atoms with E-state index in [4.69, 9.17) is 10.5 Å². The molecular weight excluding hydrogens is 304 g/mol. The van der Waals surface area contributed by atoms with Crippen LogP contribution in [0.4, 0.5) is 0 Å². The molecule has 0 spiro atoms. The van der Waals surface area contributed by atoms with Gasteiger partial charge in [0, 0.05) is 12.8 Å². The summed E-state index contributed by atoms with van der Waals surface area (Å²) in [7, 11) is 1.58. The van der Waals surface area contributed by atoms with Crippen LogP contribution in [-0.2, 0) is 22.4 Å². The molecule has 3 N–H and O–H groups in total. The monoisotopic (exact) mass is 326 g/mol. The zero-order chi connectivity index (χ0) is 17.4. The summed E-state index contributed by atoms with van der Waals surface area (Å²) in [5.41, 5.74) is 7.38. The molecule has 0 heterocycles. The minimum absolute atomic E-state index is 0.189. The fourth-order valence-corrected chi connectivity index (χ4v) is 2.43. The smallest absolute Gasteiger partial charge is 0.240 e. The lowest BCUT2D eigenvalue weighted by Gasteiger charge is -2.16. The molecule has 0 saturated heterocycles. The average Bonchev–Trinajstić information content (AvgIpc) is 2.60. The molecule has 5 nitrogen and oxygen atoms in total. The van der Waals surface area contributed by atoms with E-state index in [2.05, 4.69) is 5.32 Å². The van der Waals surface area contributed by atoms with Crippen molar-refractivity contribution in [1.29, 1.82) is 0 Å². The molecule has 0 saturated carbocycles. The Bertz CT molecular complexity index is 686. The fraction of sp³-hybridized carbons (Fsp3) is 0.263. The number of hydrogen-bond donors (Lipinski definition) is 2. The number of nitrogens with two attached hydrogens (primary N) is 1. The fourth-order valence-electron chi connectivity index (χ4n) is 2.43. The van der Waals surface area contributed by atoms with Gasteiger partial charge in [-0.15, -0.1) is 0 Å². The number of nitrogens with one attached hydrogen (secondary N) is 1. The van der Waals surface area contributed by atoms with Crippen molar-refractivity contribution < 1.29 is 14.3 Å². The van der Waals surface area contributed by atoms with Gasteiger partial charge in [-0.25, -0.2) is 0 Å². The lowest BCUT2D eigenvalue weighted by atomic mass is 10.0. The highest BCUT2D eigenvalue weighted by atomic mass is 16.5. The zero-order valence-corrected chi connectivity index (χ0v) is 13.7. The number of primary amides is 1. The summed E-state index contributed by atoms with van der Waals surface area (Å²) in [5.74, 6) is -0.0393. The Morgan fingerprint density at radius 2 is 1.79 bits per heavy atom. The van der Waals surface area contributed by atoms with Crippen molar-refractivity contribution in [3.05, 3.63) is 65.7 Å². The summed E-state index contributed by atoms with van der Waals surface area (Å²) in [6.45, 7) is 0. The molecule has 0 bridgehead atoms. The summed E-state index contributed by atoms with van der Waals surface area (Å²) in [5, 5.41) is 2.72. The number of rotatable bonds is 8. The summed E-state index contributed by atoms with van der Waals surface area (Å²) >= 11 is 0. The van der Waals surface area contributed by atoms with Gasteiger partial charge in [0.15, 0.2) is 0 Å². The van der Waals surface area contributed by atoms with Crippen molar-refractivity contribution in [2.45, 2.75) is 25.3 Å². The topological polar surface area (TPSA) is 81.4 Å². The molecule has 0 radical (unpaired) electrons. The lowest BCUT2D eigenvalue weighted by Crippen LogP contribution is -2.45. The van der Waals surface area contributed by atoms with Crippen molar-refractivity contribution >= 4 is 11.8 Å². The van der Waals surface area contributed by atoms with Crippen molar-refractivity contribution in [3.63, 3.8) is 0 Å². The standard InChI is InChI=1S/C19H22N2O3/c1-24-16-9-5-8-15(12-16)13-17(19(20)23)21-18(22)11-10-14-6-3-2-4-7-14/h2-9,12,17H,10-11,13H2,1H3,(H2,20,23)(H,21,22)/t17-/m1/s1. The first kappa shape index (κ1) is 17.5. The number of ether oxygens (including phenoxy) is 1. The molecule has 24 heavy (non-hydrogen) atoms. The van der Waals surface area contributed by atoms with Crippen LogP contribution < -0.4 is 15.8 Å². The van der Waals surface area contributed by atoms with Gasteiger partial charge in [0.05, 0.1) is 7.11 Å². The van der Waals surface area contributed by atoms with Crippen LogP contribution >= 0.6 is 0 Å². The van der Waals surface area contributed by atoms with Crippen molar-refractivity contribution in [1.82, 2.24) is 5.32 Å². The van der Waals surface area contributed by atoms with E-state index in [0.29, 0.717) is 25.0 Å². The van der Waals surface area contributed by atoms with Crippen LogP contribution in [0, 0.1) is 0 Å². The number of carbonyl (C=O) groups is 2. The summed E-state index contributed by atoms with van der Waals surface area (Å²) in [6.07, 6.45) is 1.27. The molecule has 0 unspecified atom stereocenters. The van der Waals surface area contributed by atoms with Gasteiger partial charge in [0.25, 0.3) is 0 Å². The van der Waals surface area contributed by atoms with Gasteiger partial charge in [0.2, 0.25) is 11.8 Å². The molecule has 1 atom stereocenters. The number of methoxy groups -OCH3 is 1. The van der Waals surface area contributed by atoms with E-state index in [1.807, 2.05) is 54.6 Å². The molecule has 126 valence electrons. The van der Waals surface area contributed by atoms with Crippen molar-refractivity contribution in [3.8, 4) is 5.75 Å². The maximum atomic E-state index is 12.1. The van der Waals surface area contributed by atoms with Crippen molar-refractivity contribution in [2.75, 3.05) is 7.11 Å². The molecule has 2 aromatic carbocycles. The number of benzene rings is 2. The Morgan fingerprint density at radius 1 is 1.08 bits per heavy atom. The third kappa shape index (κ3) is 5.43. The maximum absolute atomic E-state index is 12.1. The maximum Gasteiger partial charge on any atom is 0.240 e. The lowest BCUT2D eigenvalue weighted by molar-refractivity contribution is -0.127. The predicted molar refractivity (Wildman–Crippen MR) is 92.6 cm³/mol. The van der Waals surface area contributed by atoms with Gasteiger partial charge >= 0.3 is 0 Å². The SMILES string of the molecule is COc1cccc(C[C@@H](NC(=O)CCc2ccccc2)C(N)=O)c1. The quantitative estimate of drug-likeness (QED) is 0.776. The highest BCUT2D eigenvalue weighted by Crippen LogP contribution is 2.14. The highest BCUT2D eigenvalue weighted by Gasteiger charge is 2.18. The first-order chi connectivity index (χ1) is 11.6. The Balaban J connectivity index is 1.92. The van der Waals surface area contributed by atoms with E-state index < -0.39 is 11.9 Å². The largest absolute Gasteiger partial charge is 0.497 e. The van der Waals surface area contributed by atoms with Crippen molar-refractivity contribution in [2.24, 2.45) is 5.73 Å². The normalized spacial score (nSPS) is 11.5. The molecule has 2 aromatic rings. The molecule has 2 amide bonds. The summed E-state index contributed by atoms with van der Waals surface area (Å²) in [4.78, 5) is 23.7. The van der Waals surface area contributed by atoms with Crippen LogP contribution in [0.2, 0.25) is 0 Å². The minimum atomic E-state index is -0.736. The van der Waals surface area contributed by atoms with Crippen LogP contribution in [0.15, 0.2) is 54.6 Å². The number of carbonyl (C=O) groups excluding carboxylic acids is 2. The van der Waals surface area contributed by atoms with E-state index >= 15 is 0 Å². The predicted octanol–water partition coefficient (Wildman–Crippen LogP) is 1.84. The van der Waals surface area contributed by atoms with Gasteiger partial charge in [-0.2, -0.15) is 0 Å². The van der Waals surface area contributed by atoms with Crippen LogP contribution in [0.5, 0.6) is 5.75 Å². The van der Waals surface area contributed by atoms with E-state index in [1.54, 1.807) is 7.11 Å². The van der Waals surface area contributed by atoms with Crippen LogP contribution in [0.25, 0.3) is 0 Å². The Hall–Kier alpha value is -2.82. The highest BCUT2D eigenvalue weighted by molar-refractivity contribution is 5.86. The molecule has 0 fully saturated rings. The number of amides is 2. The third-order valence-corrected chi connectivity index (χ3v) is 3.74. The van der Waals surface area contributed by atoms with Gasteiger partial charge in [-0.1, -0.05) is 42.5 Å². The molecule has 0 aliphatic heterocycles. The van der Waals surface area contributed by atoms with Gasteiger partial charge < -0.3 is 15.8 Å². The molecule has 2 rings (SSSR count). The molecule has 5 heteroatoms. The summed E-state index contributed by atoms with van der Waals surface area (Å²) in [6, 6.07) is 16.3. The van der Waals surface area contributed by atoms with E-state index in [1.165, 1.54) is 0 Å². The second-order valence-electron chi connectivity index (χ2n) is 5.56.